The number of aryl methyl sites for hydroxylation is 1. The Morgan fingerprint density at radius 2 is 1.66 bits per heavy atom. The molecule has 0 spiro atoms. The predicted molar refractivity (Wildman–Crippen MR) is 168 cm³/mol. The van der Waals surface area contributed by atoms with Crippen molar-refractivity contribution in [2.45, 2.75) is 77.7 Å². The number of likely N-dealkylation sites (tertiary alicyclic amines) is 1. The molecule has 2 aliphatic heterocycles. The minimum Gasteiger partial charge on any atom is -0.497 e. The van der Waals surface area contributed by atoms with Crippen molar-refractivity contribution in [1.82, 2.24) is 4.90 Å². The van der Waals surface area contributed by atoms with Gasteiger partial charge in [-0.25, -0.2) is 0 Å². The Balaban J connectivity index is 1.26. The second kappa shape index (κ2) is 13.7. The number of benzene rings is 2. The van der Waals surface area contributed by atoms with E-state index in [1.165, 1.54) is 50.0 Å². The second-order valence-corrected chi connectivity index (χ2v) is 12.4. The maximum absolute atomic E-state index is 13.4. The lowest BCUT2D eigenvalue weighted by molar-refractivity contribution is -0.118. The minimum absolute atomic E-state index is 0.0286. The summed E-state index contributed by atoms with van der Waals surface area (Å²) in [7, 11) is 1.65. The number of hydrogen-bond acceptors (Lipinski definition) is 5. The molecule has 2 heterocycles. The first-order valence-electron chi connectivity index (χ1n) is 15.6. The second-order valence-electron chi connectivity index (χ2n) is 12.4. The predicted octanol–water partition coefficient (Wildman–Crippen LogP) is 6.97. The van der Waals surface area contributed by atoms with Crippen molar-refractivity contribution in [3.8, 4) is 5.75 Å². The summed E-state index contributed by atoms with van der Waals surface area (Å²) in [6, 6.07) is 15.2. The first-order chi connectivity index (χ1) is 19.9. The molecule has 2 aromatic rings. The highest BCUT2D eigenvalue weighted by atomic mass is 16.5. The van der Waals surface area contributed by atoms with Crippen molar-refractivity contribution in [2.24, 2.45) is 5.92 Å². The number of hydrogen-bond donors (Lipinski definition) is 0. The van der Waals surface area contributed by atoms with Gasteiger partial charge in [0.1, 0.15) is 11.5 Å². The number of ether oxygens (including phenoxy) is 1. The van der Waals surface area contributed by atoms with Gasteiger partial charge in [-0.05, 0) is 124 Å². The van der Waals surface area contributed by atoms with E-state index in [0.717, 1.165) is 53.1 Å². The van der Waals surface area contributed by atoms with Crippen LogP contribution in [0.3, 0.4) is 0 Å². The number of carbonyl (C=O) groups excluding carboxylic acids is 2. The van der Waals surface area contributed by atoms with Crippen LogP contribution >= 0.6 is 0 Å². The highest BCUT2D eigenvalue weighted by Gasteiger charge is 2.27. The maximum Gasteiger partial charge on any atom is 0.181 e. The fraction of sp³-hybridized carbons (Fsp3) is 0.500. The van der Waals surface area contributed by atoms with Crippen molar-refractivity contribution in [3.05, 3.63) is 76.4 Å². The average molecular weight is 555 g/mol. The highest BCUT2D eigenvalue weighted by molar-refractivity contribution is 6.08. The molecule has 0 bridgehead atoms. The van der Waals surface area contributed by atoms with Crippen molar-refractivity contribution < 1.29 is 14.3 Å². The van der Waals surface area contributed by atoms with E-state index in [1.54, 1.807) is 13.2 Å². The lowest BCUT2D eigenvalue weighted by atomic mass is 9.94. The molecule has 3 aliphatic rings. The minimum atomic E-state index is 0.0286. The van der Waals surface area contributed by atoms with Crippen molar-refractivity contribution >= 4 is 23.3 Å². The molecule has 218 valence electrons. The Morgan fingerprint density at radius 3 is 2.34 bits per heavy atom. The number of carbonyl (C=O) groups is 2. The molecule has 0 unspecified atom stereocenters. The van der Waals surface area contributed by atoms with Crippen LogP contribution in [0.25, 0.3) is 6.08 Å². The summed E-state index contributed by atoms with van der Waals surface area (Å²) in [6.45, 7) is 9.26. The van der Waals surface area contributed by atoms with Gasteiger partial charge >= 0.3 is 0 Å². The summed E-state index contributed by atoms with van der Waals surface area (Å²) in [5, 5.41) is 0. The van der Waals surface area contributed by atoms with Gasteiger partial charge in [0.2, 0.25) is 0 Å². The fourth-order valence-electron chi connectivity index (χ4n) is 6.62. The summed E-state index contributed by atoms with van der Waals surface area (Å²) in [5.41, 5.74) is 6.30. The van der Waals surface area contributed by atoms with Gasteiger partial charge in [-0.15, -0.1) is 0 Å². The van der Waals surface area contributed by atoms with E-state index in [9.17, 15) is 9.59 Å². The van der Waals surface area contributed by atoms with Gasteiger partial charge in [0.05, 0.1) is 7.11 Å². The zero-order chi connectivity index (χ0) is 28.8. The Bertz CT molecular complexity index is 1280. The molecule has 0 saturated carbocycles. The van der Waals surface area contributed by atoms with Crippen LogP contribution in [0.5, 0.6) is 5.75 Å². The maximum atomic E-state index is 13.4. The molecule has 41 heavy (non-hydrogen) atoms. The Morgan fingerprint density at radius 1 is 0.927 bits per heavy atom. The van der Waals surface area contributed by atoms with Gasteiger partial charge in [0, 0.05) is 43.2 Å². The third kappa shape index (κ3) is 7.77. The SMILES string of the molecule is COc1ccc(CC2=CC(=O)C(=Cc3ccc(N4CCC(N5CCC(C)CC5)CC4)cc3C)CCCC(=O)C2)cc1. The molecule has 2 fully saturated rings. The van der Waals surface area contributed by atoms with Gasteiger partial charge in [-0.2, -0.15) is 0 Å². The zero-order valence-corrected chi connectivity index (χ0v) is 25.2. The molecule has 0 atom stereocenters. The van der Waals surface area contributed by atoms with E-state index in [-0.39, 0.29) is 11.6 Å². The molecule has 0 amide bonds. The first-order valence-corrected chi connectivity index (χ1v) is 15.6. The number of ketones is 2. The van der Waals surface area contributed by atoms with Crippen LogP contribution in [0.4, 0.5) is 5.69 Å². The summed E-state index contributed by atoms with van der Waals surface area (Å²) in [4.78, 5) is 31.3. The number of allylic oxidation sites excluding steroid dienone is 3. The van der Waals surface area contributed by atoms with Gasteiger partial charge in [-0.1, -0.05) is 30.7 Å². The average Bonchev–Trinajstić information content (AvgIpc) is 3.04. The molecule has 5 rings (SSSR count). The van der Waals surface area contributed by atoms with Crippen LogP contribution in [0.15, 0.2) is 59.7 Å². The molecule has 2 saturated heterocycles. The molecule has 0 N–H and O–H groups in total. The summed E-state index contributed by atoms with van der Waals surface area (Å²) < 4.78 is 5.26. The summed E-state index contributed by atoms with van der Waals surface area (Å²) in [6.07, 6.45) is 11.7. The third-order valence-corrected chi connectivity index (χ3v) is 9.32. The largest absolute Gasteiger partial charge is 0.497 e. The first kappa shape index (κ1) is 29.3. The van der Waals surface area contributed by atoms with E-state index < -0.39 is 0 Å². The van der Waals surface area contributed by atoms with Crippen LogP contribution in [-0.4, -0.2) is 55.8 Å². The topological polar surface area (TPSA) is 49.9 Å². The van der Waals surface area contributed by atoms with Crippen LogP contribution in [0.1, 0.15) is 75.0 Å². The smallest absolute Gasteiger partial charge is 0.181 e. The quantitative estimate of drug-likeness (QED) is 0.361. The number of rotatable bonds is 6. The van der Waals surface area contributed by atoms with Gasteiger partial charge in [-0.3, -0.25) is 9.59 Å². The molecule has 1 aliphatic carbocycles. The summed E-state index contributed by atoms with van der Waals surface area (Å²) >= 11 is 0. The lowest BCUT2D eigenvalue weighted by Gasteiger charge is -2.42. The summed E-state index contributed by atoms with van der Waals surface area (Å²) in [5.74, 6) is 1.91. The molecular formula is C36H46N2O3. The van der Waals surface area contributed by atoms with Crippen molar-refractivity contribution in [1.29, 1.82) is 0 Å². The van der Waals surface area contributed by atoms with Gasteiger partial charge in [0.15, 0.2) is 5.78 Å². The molecule has 0 radical (unpaired) electrons. The molecule has 5 heteroatoms. The Labute approximate surface area is 246 Å². The van der Waals surface area contributed by atoms with E-state index >= 15 is 0 Å². The van der Waals surface area contributed by atoms with Crippen LogP contribution in [0, 0.1) is 12.8 Å². The number of piperidine rings is 2. The standard InChI is InChI=1S/C36H46N2O3/c1-26-13-17-37(18-14-26)32-15-19-38(20-16-32)33-10-9-30(27(2)21-33)25-31-5-4-6-34(39)23-29(24-36(31)40)22-28-7-11-35(41-3)12-8-28/h7-12,21,24-26,32H,4-6,13-20,22-23H2,1-3H3. The monoisotopic (exact) mass is 554 g/mol. The van der Waals surface area contributed by atoms with Gasteiger partial charge < -0.3 is 14.5 Å². The van der Waals surface area contributed by atoms with Crippen molar-refractivity contribution in [3.63, 3.8) is 0 Å². The van der Waals surface area contributed by atoms with Gasteiger partial charge in [0.25, 0.3) is 0 Å². The molecule has 0 aromatic heterocycles. The van der Waals surface area contributed by atoms with Crippen LogP contribution in [0.2, 0.25) is 0 Å². The Kier molecular flexibility index (Phi) is 9.76. The Hall–Kier alpha value is -3.18. The lowest BCUT2D eigenvalue weighted by Crippen LogP contribution is -2.47. The van der Waals surface area contributed by atoms with E-state index in [2.05, 4.69) is 47.9 Å². The fourth-order valence-corrected chi connectivity index (χ4v) is 6.62. The van der Waals surface area contributed by atoms with Crippen LogP contribution < -0.4 is 9.64 Å². The third-order valence-electron chi connectivity index (χ3n) is 9.32. The number of methoxy groups -OCH3 is 1. The normalized spacial score (nSPS) is 21.4. The van der Waals surface area contributed by atoms with E-state index in [4.69, 9.17) is 4.74 Å². The van der Waals surface area contributed by atoms with E-state index in [0.29, 0.717) is 32.1 Å². The zero-order valence-electron chi connectivity index (χ0n) is 25.2. The number of Topliss-reactive ketones (excluding diaryl/α,β-unsaturated/α-hetero) is 1. The van der Waals surface area contributed by atoms with Crippen LogP contribution in [-0.2, 0) is 16.0 Å². The number of anilines is 1. The highest BCUT2D eigenvalue weighted by Crippen LogP contribution is 2.29. The van der Waals surface area contributed by atoms with Crippen molar-refractivity contribution in [2.75, 3.05) is 38.2 Å². The molecule has 5 nitrogen and oxygen atoms in total. The molecule has 2 aromatic carbocycles. The van der Waals surface area contributed by atoms with E-state index in [1.807, 2.05) is 24.3 Å². The molecular weight excluding hydrogens is 508 g/mol. The number of nitrogens with zero attached hydrogens (tertiary/aromatic N) is 2.